The molecule has 0 unspecified atom stereocenters. The number of hydrogen-bond acceptors (Lipinski definition) is 3. The average molecular weight is 196 g/mol. The zero-order valence-electron chi connectivity index (χ0n) is 9.11. The molecular formula is C10H20N4. The topological polar surface area (TPSA) is 33.1 Å². The van der Waals surface area contributed by atoms with E-state index in [1.807, 2.05) is 23.1 Å². The number of nitrogens with zero attached hydrogens (tertiary/aromatic N) is 3. The van der Waals surface area contributed by atoms with Gasteiger partial charge in [0, 0.05) is 32.0 Å². The summed E-state index contributed by atoms with van der Waals surface area (Å²) in [5.41, 5.74) is 0. The number of likely N-dealkylation sites (N-methyl/N-ethyl adjacent to an activating group) is 1. The Morgan fingerprint density at radius 3 is 2.93 bits per heavy atom. The zero-order chi connectivity index (χ0) is 10.2. The second-order valence-corrected chi connectivity index (χ2v) is 3.42. The van der Waals surface area contributed by atoms with Gasteiger partial charge in [-0.1, -0.05) is 6.92 Å². The molecule has 14 heavy (non-hydrogen) atoms. The van der Waals surface area contributed by atoms with Gasteiger partial charge >= 0.3 is 0 Å². The average Bonchev–Trinajstić information content (AvgIpc) is 2.69. The van der Waals surface area contributed by atoms with Crippen LogP contribution >= 0.6 is 0 Å². The van der Waals surface area contributed by atoms with Crippen LogP contribution < -0.4 is 5.32 Å². The Labute approximate surface area is 85.9 Å². The van der Waals surface area contributed by atoms with Gasteiger partial charge in [-0.25, -0.2) is 0 Å². The van der Waals surface area contributed by atoms with Crippen molar-refractivity contribution >= 4 is 0 Å². The van der Waals surface area contributed by atoms with E-state index in [2.05, 4.69) is 29.3 Å². The fraction of sp³-hybridized carbons (Fsp3) is 0.700. The number of aromatic nitrogens is 2. The third-order valence-electron chi connectivity index (χ3n) is 2.29. The summed E-state index contributed by atoms with van der Waals surface area (Å²) in [6.45, 7) is 7.37. The SMILES string of the molecule is CCN(C)CCNCCn1cccn1. The second-order valence-electron chi connectivity index (χ2n) is 3.42. The third kappa shape index (κ3) is 4.39. The monoisotopic (exact) mass is 196 g/mol. The van der Waals surface area contributed by atoms with E-state index >= 15 is 0 Å². The van der Waals surface area contributed by atoms with Crippen LogP contribution in [0.3, 0.4) is 0 Å². The summed E-state index contributed by atoms with van der Waals surface area (Å²) in [7, 11) is 2.13. The predicted molar refractivity (Wildman–Crippen MR) is 58.3 cm³/mol. The van der Waals surface area contributed by atoms with E-state index in [-0.39, 0.29) is 0 Å². The molecule has 1 heterocycles. The lowest BCUT2D eigenvalue weighted by atomic mass is 10.5. The van der Waals surface area contributed by atoms with E-state index in [1.165, 1.54) is 0 Å². The van der Waals surface area contributed by atoms with Gasteiger partial charge in [0.1, 0.15) is 0 Å². The van der Waals surface area contributed by atoms with Gasteiger partial charge in [-0.15, -0.1) is 0 Å². The molecule has 80 valence electrons. The van der Waals surface area contributed by atoms with Crippen LogP contribution in [0.5, 0.6) is 0 Å². The van der Waals surface area contributed by atoms with Crippen LogP contribution in [-0.4, -0.2) is 47.9 Å². The van der Waals surface area contributed by atoms with Crippen molar-refractivity contribution in [3.63, 3.8) is 0 Å². The molecule has 1 aromatic heterocycles. The summed E-state index contributed by atoms with van der Waals surface area (Å²) >= 11 is 0. The minimum Gasteiger partial charge on any atom is -0.314 e. The summed E-state index contributed by atoms with van der Waals surface area (Å²) in [6, 6.07) is 1.95. The van der Waals surface area contributed by atoms with E-state index < -0.39 is 0 Å². The lowest BCUT2D eigenvalue weighted by molar-refractivity contribution is 0.347. The van der Waals surface area contributed by atoms with E-state index in [1.54, 1.807) is 0 Å². The molecule has 0 aromatic carbocycles. The quantitative estimate of drug-likeness (QED) is 0.642. The normalized spacial score (nSPS) is 11.1. The third-order valence-corrected chi connectivity index (χ3v) is 2.29. The highest BCUT2D eigenvalue weighted by Crippen LogP contribution is 1.82. The van der Waals surface area contributed by atoms with Crippen LogP contribution in [-0.2, 0) is 6.54 Å². The number of hydrogen-bond donors (Lipinski definition) is 1. The van der Waals surface area contributed by atoms with E-state index in [0.29, 0.717) is 0 Å². The van der Waals surface area contributed by atoms with Crippen molar-refractivity contribution < 1.29 is 0 Å². The van der Waals surface area contributed by atoms with Gasteiger partial charge in [0.05, 0.1) is 6.54 Å². The first-order chi connectivity index (χ1) is 6.83. The van der Waals surface area contributed by atoms with Gasteiger partial charge < -0.3 is 10.2 Å². The minimum atomic E-state index is 0.947. The molecule has 1 rings (SSSR count). The van der Waals surface area contributed by atoms with Gasteiger partial charge in [0.15, 0.2) is 0 Å². The maximum atomic E-state index is 4.13. The number of nitrogens with one attached hydrogen (secondary N) is 1. The first kappa shape index (κ1) is 11.2. The van der Waals surface area contributed by atoms with E-state index in [9.17, 15) is 0 Å². The Bertz CT molecular complexity index is 220. The highest BCUT2D eigenvalue weighted by Gasteiger charge is 1.93. The molecule has 0 aliphatic heterocycles. The van der Waals surface area contributed by atoms with Gasteiger partial charge in [-0.3, -0.25) is 4.68 Å². The molecule has 0 saturated carbocycles. The van der Waals surface area contributed by atoms with Crippen molar-refractivity contribution in [2.24, 2.45) is 0 Å². The number of rotatable bonds is 7. The van der Waals surface area contributed by atoms with Crippen LogP contribution in [0.15, 0.2) is 18.5 Å². The summed E-state index contributed by atoms with van der Waals surface area (Å²) in [6.07, 6.45) is 3.80. The largest absolute Gasteiger partial charge is 0.314 e. The molecule has 0 radical (unpaired) electrons. The summed E-state index contributed by atoms with van der Waals surface area (Å²) in [5, 5.41) is 7.52. The fourth-order valence-corrected chi connectivity index (χ4v) is 1.18. The Morgan fingerprint density at radius 2 is 2.29 bits per heavy atom. The van der Waals surface area contributed by atoms with Crippen LogP contribution in [0.2, 0.25) is 0 Å². The molecule has 4 nitrogen and oxygen atoms in total. The molecule has 0 spiro atoms. The molecular weight excluding hydrogens is 176 g/mol. The Hall–Kier alpha value is -0.870. The fourth-order valence-electron chi connectivity index (χ4n) is 1.18. The molecule has 0 aliphatic rings. The molecule has 0 aliphatic carbocycles. The van der Waals surface area contributed by atoms with Crippen LogP contribution in [0.25, 0.3) is 0 Å². The summed E-state index contributed by atoms with van der Waals surface area (Å²) < 4.78 is 1.94. The molecule has 0 amide bonds. The highest BCUT2D eigenvalue weighted by atomic mass is 15.3. The molecule has 0 fully saturated rings. The first-order valence-corrected chi connectivity index (χ1v) is 5.19. The van der Waals surface area contributed by atoms with Crippen molar-refractivity contribution in [2.45, 2.75) is 13.5 Å². The van der Waals surface area contributed by atoms with Crippen LogP contribution in [0.4, 0.5) is 0 Å². The summed E-state index contributed by atoms with van der Waals surface area (Å²) in [5.74, 6) is 0. The molecule has 0 saturated heterocycles. The molecule has 1 N–H and O–H groups in total. The molecule has 4 heteroatoms. The van der Waals surface area contributed by atoms with E-state index in [4.69, 9.17) is 0 Å². The zero-order valence-corrected chi connectivity index (χ0v) is 9.11. The van der Waals surface area contributed by atoms with Crippen LogP contribution in [0.1, 0.15) is 6.92 Å². The lowest BCUT2D eigenvalue weighted by Crippen LogP contribution is -2.30. The van der Waals surface area contributed by atoms with Crippen molar-refractivity contribution in [2.75, 3.05) is 33.2 Å². The Kier molecular flexibility index (Phi) is 5.25. The van der Waals surface area contributed by atoms with Crippen molar-refractivity contribution in [1.29, 1.82) is 0 Å². The molecule has 0 atom stereocenters. The molecule has 1 aromatic rings. The molecule has 0 bridgehead atoms. The predicted octanol–water partition coefficient (Wildman–Crippen LogP) is 0.424. The van der Waals surface area contributed by atoms with Crippen molar-refractivity contribution in [3.05, 3.63) is 18.5 Å². The van der Waals surface area contributed by atoms with Gasteiger partial charge in [0.2, 0.25) is 0 Å². The van der Waals surface area contributed by atoms with Gasteiger partial charge in [0.25, 0.3) is 0 Å². The second kappa shape index (κ2) is 6.56. The van der Waals surface area contributed by atoms with Gasteiger partial charge in [-0.05, 0) is 19.7 Å². The smallest absolute Gasteiger partial charge is 0.0533 e. The van der Waals surface area contributed by atoms with Gasteiger partial charge in [-0.2, -0.15) is 5.10 Å². The minimum absolute atomic E-state index is 0.947. The van der Waals surface area contributed by atoms with E-state index in [0.717, 1.165) is 32.7 Å². The summed E-state index contributed by atoms with van der Waals surface area (Å²) in [4.78, 5) is 2.29. The Balaban J connectivity index is 1.95. The van der Waals surface area contributed by atoms with Crippen molar-refractivity contribution in [3.8, 4) is 0 Å². The standard InChI is InChI=1S/C10H20N4/c1-3-13(2)9-6-11-7-10-14-8-4-5-12-14/h4-5,8,11H,3,6-7,9-10H2,1-2H3. The van der Waals surface area contributed by atoms with Crippen LogP contribution in [0, 0.1) is 0 Å². The first-order valence-electron chi connectivity index (χ1n) is 5.19. The maximum Gasteiger partial charge on any atom is 0.0533 e. The highest BCUT2D eigenvalue weighted by molar-refractivity contribution is 4.77. The lowest BCUT2D eigenvalue weighted by Gasteiger charge is -2.13. The maximum absolute atomic E-state index is 4.13. The Morgan fingerprint density at radius 1 is 1.43 bits per heavy atom. The van der Waals surface area contributed by atoms with Crippen molar-refractivity contribution in [1.82, 2.24) is 20.0 Å².